The van der Waals surface area contributed by atoms with Crippen molar-refractivity contribution in [3.8, 4) is 0 Å². The molecule has 0 fully saturated rings. The van der Waals surface area contributed by atoms with Gasteiger partial charge in [-0.3, -0.25) is 4.79 Å². The van der Waals surface area contributed by atoms with E-state index in [1.54, 1.807) is 6.33 Å². The van der Waals surface area contributed by atoms with Gasteiger partial charge < -0.3 is 15.2 Å². The SMILES string of the molecule is Cc1cc(CNC(=O)c2sc3ncnc(NC4CCCc5ccccc54)c3c2C)on1. The van der Waals surface area contributed by atoms with Crippen molar-refractivity contribution in [3.63, 3.8) is 0 Å². The lowest BCUT2D eigenvalue weighted by atomic mass is 9.87. The highest BCUT2D eigenvalue weighted by molar-refractivity contribution is 7.20. The van der Waals surface area contributed by atoms with Gasteiger partial charge in [0.2, 0.25) is 0 Å². The van der Waals surface area contributed by atoms with E-state index < -0.39 is 0 Å². The number of anilines is 1. The molecular weight excluding hydrogens is 410 g/mol. The summed E-state index contributed by atoms with van der Waals surface area (Å²) in [6.45, 7) is 4.10. The summed E-state index contributed by atoms with van der Waals surface area (Å²) in [6.07, 6.45) is 4.87. The predicted molar refractivity (Wildman–Crippen MR) is 120 cm³/mol. The number of hydrogen-bond donors (Lipinski definition) is 2. The molecule has 158 valence electrons. The molecule has 0 spiro atoms. The fourth-order valence-corrected chi connectivity index (χ4v) is 5.28. The van der Waals surface area contributed by atoms with Gasteiger partial charge in [0.25, 0.3) is 5.91 Å². The molecule has 1 aliphatic carbocycles. The highest BCUT2D eigenvalue weighted by atomic mass is 32.1. The molecule has 5 rings (SSSR count). The number of fused-ring (bicyclic) bond motifs is 2. The second kappa shape index (κ2) is 8.11. The van der Waals surface area contributed by atoms with E-state index in [0.29, 0.717) is 17.2 Å². The van der Waals surface area contributed by atoms with Gasteiger partial charge in [0, 0.05) is 6.07 Å². The number of nitrogens with one attached hydrogen (secondary N) is 2. The van der Waals surface area contributed by atoms with Crippen molar-refractivity contribution >= 4 is 33.3 Å². The quantitative estimate of drug-likeness (QED) is 0.473. The van der Waals surface area contributed by atoms with Crippen LogP contribution in [0.3, 0.4) is 0 Å². The zero-order chi connectivity index (χ0) is 21.4. The summed E-state index contributed by atoms with van der Waals surface area (Å²) in [5, 5.41) is 11.3. The van der Waals surface area contributed by atoms with E-state index in [4.69, 9.17) is 4.52 Å². The summed E-state index contributed by atoms with van der Waals surface area (Å²) < 4.78 is 5.18. The third kappa shape index (κ3) is 3.79. The number of thiophene rings is 1. The third-order valence-corrected chi connectivity index (χ3v) is 6.91. The van der Waals surface area contributed by atoms with Gasteiger partial charge in [-0.05, 0) is 49.8 Å². The van der Waals surface area contributed by atoms with Crippen LogP contribution in [0, 0.1) is 13.8 Å². The molecular formula is C23H23N5O2S. The standard InChI is InChI=1S/C23H23N5O2S/c1-13-10-16(30-28-13)11-24-22(29)20-14(2)19-21(25-12-26-23(19)31-20)27-18-9-5-7-15-6-3-4-8-17(15)18/h3-4,6,8,10,12,18H,5,7,9,11H2,1-2H3,(H,24,29)(H,25,26,27). The van der Waals surface area contributed by atoms with Gasteiger partial charge in [0.05, 0.1) is 28.5 Å². The first kappa shape index (κ1) is 19.7. The number of benzene rings is 1. The molecule has 0 radical (unpaired) electrons. The number of amides is 1. The number of aryl methyl sites for hydroxylation is 3. The van der Waals surface area contributed by atoms with E-state index >= 15 is 0 Å². The minimum absolute atomic E-state index is 0.150. The van der Waals surface area contributed by atoms with E-state index in [1.165, 1.54) is 22.5 Å². The monoisotopic (exact) mass is 433 g/mol. The lowest BCUT2D eigenvalue weighted by molar-refractivity contribution is 0.0950. The first-order valence-corrected chi connectivity index (χ1v) is 11.2. The molecule has 0 saturated carbocycles. The Labute approximate surface area is 183 Å². The first-order valence-electron chi connectivity index (χ1n) is 10.4. The number of nitrogens with zero attached hydrogens (tertiary/aromatic N) is 3. The van der Waals surface area contributed by atoms with E-state index in [-0.39, 0.29) is 11.9 Å². The summed E-state index contributed by atoms with van der Waals surface area (Å²) in [5.74, 6) is 1.26. The molecule has 3 aromatic heterocycles. The molecule has 0 bridgehead atoms. The molecule has 4 aromatic rings. The summed E-state index contributed by atoms with van der Waals surface area (Å²) in [7, 11) is 0. The van der Waals surface area contributed by atoms with Crippen molar-refractivity contribution in [2.45, 2.75) is 45.7 Å². The number of aromatic nitrogens is 3. The van der Waals surface area contributed by atoms with Crippen molar-refractivity contribution in [2.24, 2.45) is 0 Å². The molecule has 8 heteroatoms. The van der Waals surface area contributed by atoms with Crippen LogP contribution < -0.4 is 10.6 Å². The topological polar surface area (TPSA) is 92.9 Å². The van der Waals surface area contributed by atoms with Crippen LogP contribution >= 0.6 is 11.3 Å². The Hall–Kier alpha value is -3.26. The average Bonchev–Trinajstić information content (AvgIpc) is 3.36. The zero-order valence-corrected chi connectivity index (χ0v) is 18.3. The maximum atomic E-state index is 12.8. The smallest absolute Gasteiger partial charge is 0.262 e. The fraction of sp³-hybridized carbons (Fsp3) is 0.304. The van der Waals surface area contributed by atoms with Crippen molar-refractivity contribution in [2.75, 3.05) is 5.32 Å². The molecule has 3 heterocycles. The van der Waals surface area contributed by atoms with Crippen LogP contribution in [0.4, 0.5) is 5.82 Å². The van der Waals surface area contributed by atoms with Crippen molar-refractivity contribution < 1.29 is 9.32 Å². The number of carbonyl (C=O) groups is 1. The molecule has 2 N–H and O–H groups in total. The molecule has 7 nitrogen and oxygen atoms in total. The highest BCUT2D eigenvalue weighted by Gasteiger charge is 2.24. The Kier molecular flexibility index (Phi) is 5.15. The Morgan fingerprint density at radius 3 is 2.97 bits per heavy atom. The van der Waals surface area contributed by atoms with E-state index in [2.05, 4.69) is 50.0 Å². The second-order valence-electron chi connectivity index (χ2n) is 7.86. The van der Waals surface area contributed by atoms with Crippen LogP contribution in [-0.4, -0.2) is 21.0 Å². The molecule has 1 atom stereocenters. The largest absolute Gasteiger partial charge is 0.363 e. The highest BCUT2D eigenvalue weighted by Crippen LogP contribution is 2.37. The molecule has 1 unspecified atom stereocenters. The molecule has 0 aliphatic heterocycles. The van der Waals surface area contributed by atoms with Gasteiger partial charge in [-0.2, -0.15) is 0 Å². The van der Waals surface area contributed by atoms with Crippen LogP contribution in [-0.2, 0) is 13.0 Å². The summed E-state index contributed by atoms with van der Waals surface area (Å²) >= 11 is 1.38. The van der Waals surface area contributed by atoms with Crippen molar-refractivity contribution in [1.82, 2.24) is 20.4 Å². The van der Waals surface area contributed by atoms with Crippen molar-refractivity contribution in [1.29, 1.82) is 0 Å². The Morgan fingerprint density at radius 1 is 1.26 bits per heavy atom. The van der Waals surface area contributed by atoms with E-state index in [9.17, 15) is 4.79 Å². The van der Waals surface area contributed by atoms with Crippen LogP contribution in [0.2, 0.25) is 0 Å². The van der Waals surface area contributed by atoms with Gasteiger partial charge in [0.1, 0.15) is 17.0 Å². The Morgan fingerprint density at radius 2 is 2.13 bits per heavy atom. The number of hydrogen-bond acceptors (Lipinski definition) is 7. The third-order valence-electron chi connectivity index (χ3n) is 5.71. The summed E-state index contributed by atoms with van der Waals surface area (Å²) in [5.41, 5.74) is 4.39. The van der Waals surface area contributed by atoms with Gasteiger partial charge in [-0.15, -0.1) is 11.3 Å². The minimum atomic E-state index is -0.150. The minimum Gasteiger partial charge on any atom is -0.363 e. The molecule has 1 amide bonds. The summed E-state index contributed by atoms with van der Waals surface area (Å²) in [4.78, 5) is 23.2. The molecule has 1 aliphatic rings. The van der Waals surface area contributed by atoms with Gasteiger partial charge >= 0.3 is 0 Å². The fourth-order valence-electron chi connectivity index (χ4n) is 4.21. The van der Waals surface area contributed by atoms with Crippen LogP contribution in [0.25, 0.3) is 10.2 Å². The normalized spacial score (nSPS) is 15.6. The Balaban J connectivity index is 1.42. The van der Waals surface area contributed by atoms with Crippen LogP contribution in [0.1, 0.15) is 56.7 Å². The lowest BCUT2D eigenvalue weighted by Gasteiger charge is -2.27. The summed E-state index contributed by atoms with van der Waals surface area (Å²) in [6, 6.07) is 10.6. The molecule has 0 saturated heterocycles. The maximum absolute atomic E-state index is 12.8. The Bertz CT molecular complexity index is 1260. The van der Waals surface area contributed by atoms with Crippen molar-refractivity contribution in [3.05, 3.63) is 69.7 Å². The van der Waals surface area contributed by atoms with Gasteiger partial charge in [-0.1, -0.05) is 29.4 Å². The van der Waals surface area contributed by atoms with E-state index in [0.717, 1.165) is 46.6 Å². The average molecular weight is 434 g/mol. The number of carbonyl (C=O) groups excluding carboxylic acids is 1. The first-order chi connectivity index (χ1) is 15.1. The van der Waals surface area contributed by atoms with Crippen LogP contribution in [0.5, 0.6) is 0 Å². The van der Waals surface area contributed by atoms with Gasteiger partial charge in [-0.25, -0.2) is 9.97 Å². The second-order valence-corrected chi connectivity index (χ2v) is 8.86. The zero-order valence-electron chi connectivity index (χ0n) is 17.4. The molecule has 31 heavy (non-hydrogen) atoms. The lowest BCUT2D eigenvalue weighted by Crippen LogP contribution is -2.22. The predicted octanol–water partition coefficient (Wildman–Crippen LogP) is 4.72. The van der Waals surface area contributed by atoms with Crippen LogP contribution in [0.15, 0.2) is 41.2 Å². The van der Waals surface area contributed by atoms with E-state index in [1.807, 2.05) is 19.9 Å². The molecule has 1 aromatic carbocycles. The van der Waals surface area contributed by atoms with Gasteiger partial charge in [0.15, 0.2) is 5.76 Å². The number of rotatable bonds is 5. The maximum Gasteiger partial charge on any atom is 0.262 e.